The molecule has 0 saturated carbocycles. The average Bonchev–Trinajstić information content (AvgIpc) is 2.94. The minimum atomic E-state index is -0.746. The van der Waals surface area contributed by atoms with Crippen molar-refractivity contribution in [1.29, 1.82) is 0 Å². The van der Waals surface area contributed by atoms with E-state index in [2.05, 4.69) is 6.07 Å². The highest BCUT2D eigenvalue weighted by molar-refractivity contribution is 5.97. The molecular weight excluding hydrogens is 484 g/mol. The number of piperidine rings is 1. The molecule has 0 unspecified atom stereocenters. The standard InChI is InChI=1S/C29H36N4O5/c1-31(29(30)37)26(34)9-3-2-6-20-38-24-13-10-22(11-14-24)28(36)32-18-16-23(17-19-32)33-25-8-5-4-7-21(25)12-15-27(33)35/h4-5,7-8,10-11,13-14,23H,2-3,6,9,12,15-20H2,1H3,(H2,30,37). The van der Waals surface area contributed by atoms with Gasteiger partial charge in [0.2, 0.25) is 11.8 Å². The lowest BCUT2D eigenvalue weighted by Gasteiger charge is -2.41. The van der Waals surface area contributed by atoms with Crippen LogP contribution >= 0.6 is 0 Å². The number of hydrogen-bond acceptors (Lipinski definition) is 5. The summed E-state index contributed by atoms with van der Waals surface area (Å²) in [7, 11) is 1.38. The molecule has 1 fully saturated rings. The number of ether oxygens (including phenoxy) is 1. The topological polar surface area (TPSA) is 113 Å². The Morgan fingerprint density at radius 1 is 0.974 bits per heavy atom. The minimum absolute atomic E-state index is 0.00836. The number of rotatable bonds is 9. The first-order chi connectivity index (χ1) is 18.3. The Kier molecular flexibility index (Phi) is 8.99. The van der Waals surface area contributed by atoms with Crippen LogP contribution in [0.5, 0.6) is 5.75 Å². The van der Waals surface area contributed by atoms with Gasteiger partial charge in [-0.15, -0.1) is 0 Å². The maximum absolute atomic E-state index is 13.1. The zero-order valence-electron chi connectivity index (χ0n) is 21.9. The van der Waals surface area contributed by atoms with Gasteiger partial charge in [0.15, 0.2) is 0 Å². The number of imide groups is 1. The Bertz CT molecular complexity index is 1160. The first-order valence-corrected chi connectivity index (χ1v) is 13.3. The number of carbonyl (C=O) groups is 4. The number of aryl methyl sites for hydroxylation is 1. The van der Waals surface area contributed by atoms with Gasteiger partial charge in [-0.3, -0.25) is 19.3 Å². The van der Waals surface area contributed by atoms with Gasteiger partial charge in [0.05, 0.1) is 6.61 Å². The quantitative estimate of drug-likeness (QED) is 0.506. The number of unbranched alkanes of at least 4 members (excludes halogenated alkanes) is 2. The van der Waals surface area contributed by atoms with E-state index in [1.165, 1.54) is 12.6 Å². The fourth-order valence-electron chi connectivity index (χ4n) is 5.09. The molecule has 2 aromatic rings. The smallest absolute Gasteiger partial charge is 0.321 e. The molecule has 5 amide bonds. The molecule has 2 aliphatic rings. The van der Waals surface area contributed by atoms with Gasteiger partial charge >= 0.3 is 6.03 Å². The number of benzene rings is 2. The third-order valence-electron chi connectivity index (χ3n) is 7.35. The summed E-state index contributed by atoms with van der Waals surface area (Å²) in [6, 6.07) is 14.7. The molecule has 2 heterocycles. The molecular formula is C29H36N4O5. The number of urea groups is 1. The van der Waals surface area contributed by atoms with Crippen LogP contribution < -0.4 is 15.4 Å². The molecule has 38 heavy (non-hydrogen) atoms. The van der Waals surface area contributed by atoms with Crippen molar-refractivity contribution in [3.05, 3.63) is 59.7 Å². The summed E-state index contributed by atoms with van der Waals surface area (Å²) >= 11 is 0. The molecule has 9 nitrogen and oxygen atoms in total. The van der Waals surface area contributed by atoms with Gasteiger partial charge in [-0.2, -0.15) is 0 Å². The largest absolute Gasteiger partial charge is 0.494 e. The van der Waals surface area contributed by atoms with Crippen LogP contribution in [0.25, 0.3) is 0 Å². The number of amides is 5. The molecule has 0 atom stereocenters. The third kappa shape index (κ3) is 6.51. The predicted octanol–water partition coefficient (Wildman–Crippen LogP) is 3.75. The number of hydrogen-bond donors (Lipinski definition) is 1. The Labute approximate surface area is 223 Å². The van der Waals surface area contributed by atoms with E-state index < -0.39 is 6.03 Å². The molecule has 0 aromatic heterocycles. The van der Waals surface area contributed by atoms with Gasteiger partial charge in [0.1, 0.15) is 5.75 Å². The lowest BCUT2D eigenvalue weighted by atomic mass is 9.95. The van der Waals surface area contributed by atoms with Gasteiger partial charge in [-0.25, -0.2) is 4.79 Å². The highest BCUT2D eigenvalue weighted by atomic mass is 16.5. The maximum Gasteiger partial charge on any atom is 0.321 e. The lowest BCUT2D eigenvalue weighted by Crippen LogP contribution is -2.50. The van der Waals surface area contributed by atoms with E-state index in [4.69, 9.17) is 10.5 Å². The molecule has 202 valence electrons. The van der Waals surface area contributed by atoms with Crippen molar-refractivity contribution in [2.75, 3.05) is 31.6 Å². The number of nitrogens with zero attached hydrogens (tertiary/aromatic N) is 3. The van der Waals surface area contributed by atoms with Crippen LogP contribution in [0.2, 0.25) is 0 Å². The summed E-state index contributed by atoms with van der Waals surface area (Å²) in [5.41, 5.74) is 7.94. The molecule has 2 aromatic carbocycles. The van der Waals surface area contributed by atoms with Gasteiger partial charge < -0.3 is 20.3 Å². The number of para-hydroxylation sites is 1. The number of primary amides is 1. The Balaban J connectivity index is 1.20. The predicted molar refractivity (Wildman–Crippen MR) is 144 cm³/mol. The fourth-order valence-corrected chi connectivity index (χ4v) is 5.09. The molecule has 4 rings (SSSR count). The van der Waals surface area contributed by atoms with Crippen LogP contribution in [-0.4, -0.2) is 66.3 Å². The summed E-state index contributed by atoms with van der Waals surface area (Å²) in [6.45, 7) is 1.73. The highest BCUT2D eigenvalue weighted by Gasteiger charge is 2.33. The molecule has 9 heteroatoms. The van der Waals surface area contributed by atoms with E-state index in [0.717, 1.165) is 42.7 Å². The average molecular weight is 521 g/mol. The van der Waals surface area contributed by atoms with Gasteiger partial charge in [0, 0.05) is 50.3 Å². The van der Waals surface area contributed by atoms with E-state index in [1.807, 2.05) is 28.0 Å². The molecule has 0 spiro atoms. The third-order valence-corrected chi connectivity index (χ3v) is 7.35. The van der Waals surface area contributed by atoms with Crippen molar-refractivity contribution in [2.24, 2.45) is 5.73 Å². The van der Waals surface area contributed by atoms with Crippen molar-refractivity contribution in [1.82, 2.24) is 9.80 Å². The van der Waals surface area contributed by atoms with Crippen LogP contribution in [-0.2, 0) is 16.0 Å². The van der Waals surface area contributed by atoms with E-state index in [9.17, 15) is 19.2 Å². The SMILES string of the molecule is CN(C(N)=O)C(=O)CCCCCOc1ccc(C(=O)N2CCC(N3C(=O)CCc4ccccc43)CC2)cc1. The second kappa shape index (κ2) is 12.6. The van der Waals surface area contributed by atoms with Crippen LogP contribution in [0.4, 0.5) is 10.5 Å². The van der Waals surface area contributed by atoms with E-state index in [1.54, 1.807) is 24.3 Å². The van der Waals surface area contributed by atoms with Crippen molar-refractivity contribution >= 4 is 29.4 Å². The van der Waals surface area contributed by atoms with Crippen molar-refractivity contribution in [2.45, 2.75) is 57.4 Å². The first-order valence-electron chi connectivity index (χ1n) is 13.3. The molecule has 1 saturated heterocycles. The van der Waals surface area contributed by atoms with E-state index >= 15 is 0 Å². The first kappa shape index (κ1) is 27.2. The molecule has 0 aliphatic carbocycles. The zero-order chi connectivity index (χ0) is 27.1. The maximum atomic E-state index is 13.1. The van der Waals surface area contributed by atoms with Crippen molar-refractivity contribution < 1.29 is 23.9 Å². The molecule has 0 radical (unpaired) electrons. The number of nitrogens with two attached hydrogens (primary N) is 1. The van der Waals surface area contributed by atoms with E-state index in [-0.39, 0.29) is 30.2 Å². The normalized spacial score (nSPS) is 15.7. The zero-order valence-corrected chi connectivity index (χ0v) is 21.9. The van der Waals surface area contributed by atoms with Gasteiger partial charge in [-0.1, -0.05) is 18.2 Å². The second-order valence-electron chi connectivity index (χ2n) is 9.89. The number of anilines is 1. The van der Waals surface area contributed by atoms with Crippen molar-refractivity contribution in [3.8, 4) is 5.75 Å². The second-order valence-corrected chi connectivity index (χ2v) is 9.89. The summed E-state index contributed by atoms with van der Waals surface area (Å²) in [5, 5.41) is 0. The van der Waals surface area contributed by atoms with Crippen LogP contribution in [0.3, 0.4) is 0 Å². The fraction of sp³-hybridized carbons (Fsp3) is 0.448. The monoisotopic (exact) mass is 520 g/mol. The molecule has 2 N–H and O–H groups in total. The highest BCUT2D eigenvalue weighted by Crippen LogP contribution is 2.32. The van der Waals surface area contributed by atoms with Crippen LogP contribution in [0.1, 0.15) is 60.9 Å². The number of likely N-dealkylation sites (tertiary alicyclic amines) is 1. The Hall–Kier alpha value is -3.88. The summed E-state index contributed by atoms with van der Waals surface area (Å²) in [6.07, 6.45) is 5.34. The number of fused-ring (bicyclic) bond motifs is 1. The summed E-state index contributed by atoms with van der Waals surface area (Å²) in [5.74, 6) is 0.569. The van der Waals surface area contributed by atoms with Gasteiger partial charge in [0.25, 0.3) is 5.91 Å². The summed E-state index contributed by atoms with van der Waals surface area (Å²) < 4.78 is 5.77. The Morgan fingerprint density at radius 2 is 1.68 bits per heavy atom. The van der Waals surface area contributed by atoms with Crippen LogP contribution in [0, 0.1) is 0 Å². The minimum Gasteiger partial charge on any atom is -0.494 e. The number of carbonyl (C=O) groups excluding carboxylic acids is 4. The molecule has 2 aliphatic heterocycles. The Morgan fingerprint density at radius 3 is 2.39 bits per heavy atom. The summed E-state index contributed by atoms with van der Waals surface area (Å²) in [4.78, 5) is 53.3. The van der Waals surface area contributed by atoms with E-state index in [0.29, 0.717) is 43.9 Å². The van der Waals surface area contributed by atoms with Gasteiger partial charge in [-0.05, 0) is 74.4 Å². The lowest BCUT2D eigenvalue weighted by molar-refractivity contribution is -0.127. The van der Waals surface area contributed by atoms with Crippen molar-refractivity contribution in [3.63, 3.8) is 0 Å². The molecule has 0 bridgehead atoms. The van der Waals surface area contributed by atoms with Crippen LogP contribution in [0.15, 0.2) is 48.5 Å².